The van der Waals surface area contributed by atoms with Crippen LogP contribution >= 0.6 is 0 Å². The Morgan fingerprint density at radius 2 is 0.598 bits per heavy atom. The predicted octanol–water partition coefficient (Wildman–Crippen LogP) is 9.52. The fraction of sp³-hybridized carbons (Fsp3) is 0.176. The van der Waals surface area contributed by atoms with E-state index in [1.807, 2.05) is 0 Å². The van der Waals surface area contributed by atoms with Crippen molar-refractivity contribution in [2.75, 3.05) is 19.8 Å². The molecule has 0 aromatic heterocycles. The lowest BCUT2D eigenvalue weighted by Gasteiger charge is -2.45. The van der Waals surface area contributed by atoms with Crippen LogP contribution in [0.2, 0.25) is 0 Å². The summed E-state index contributed by atoms with van der Waals surface area (Å²) >= 11 is 0. The summed E-state index contributed by atoms with van der Waals surface area (Å²) in [6, 6.07) is 61.8. The third-order valence-corrected chi connectivity index (χ3v) is 13.8. The number of benzene rings is 8. The van der Waals surface area contributed by atoms with Gasteiger partial charge in [0.2, 0.25) is 18.2 Å². The van der Waals surface area contributed by atoms with E-state index in [0.717, 1.165) is 0 Å². The van der Waals surface area contributed by atoms with Crippen molar-refractivity contribution in [1.82, 2.24) is 0 Å². The minimum atomic E-state index is -2.67. The van der Waals surface area contributed by atoms with Gasteiger partial charge in [-0.25, -0.2) is 38.4 Å². The Kier molecular flexibility index (Phi) is 19.4. The van der Waals surface area contributed by atoms with E-state index in [0.29, 0.717) is 0 Å². The lowest BCUT2D eigenvalue weighted by molar-refractivity contribution is -0.318. The van der Waals surface area contributed by atoms with Gasteiger partial charge in [0.25, 0.3) is 0 Å². The third kappa shape index (κ3) is 14.8. The van der Waals surface area contributed by atoms with Crippen LogP contribution in [0.1, 0.15) is 82.9 Å². The Morgan fingerprint density at radius 1 is 0.299 bits per heavy atom. The van der Waals surface area contributed by atoms with E-state index in [1.165, 1.54) is 97.1 Å². The molecule has 10 rings (SSSR count). The highest BCUT2D eigenvalue weighted by atomic mass is 16.8. The maximum absolute atomic E-state index is 14.6. The summed E-state index contributed by atoms with van der Waals surface area (Å²) in [6.07, 6.45) is -15.1. The Bertz CT molecular complexity index is 3640. The molecule has 8 aromatic rings. The number of carbonyl (C=O) groups is 8. The largest absolute Gasteiger partial charge is 0.459 e. The SMILES string of the molecule is O=C(OCC1OC(COC(=O)c2ccccc2)(OCC2OC(OC(=O)c3ccccc3)C(OC(=O)c3ccccc3)C(OC(=O)c3ccccc3)C2OC(=O)c2ccccc2)C(OC(=O)c2ccccc2)C1OC(=O)c1ccccc1)c1ccccc1. The predicted molar refractivity (Wildman–Crippen MR) is 306 cm³/mol. The molecule has 440 valence electrons. The molecule has 0 amide bonds. The average molecular weight is 1180 g/mol. The van der Waals surface area contributed by atoms with Crippen molar-refractivity contribution in [2.45, 2.75) is 54.8 Å². The van der Waals surface area contributed by atoms with Gasteiger partial charge >= 0.3 is 47.8 Å². The van der Waals surface area contributed by atoms with Gasteiger partial charge in [0.05, 0.1) is 51.1 Å². The van der Waals surface area contributed by atoms with Crippen LogP contribution in [0.3, 0.4) is 0 Å². The molecule has 0 aliphatic carbocycles. The summed E-state index contributed by atoms with van der Waals surface area (Å²) in [5.74, 6) is -10.5. The van der Waals surface area contributed by atoms with Crippen molar-refractivity contribution >= 4 is 47.8 Å². The van der Waals surface area contributed by atoms with Gasteiger partial charge in [-0.2, -0.15) is 0 Å². The minimum Gasteiger partial charge on any atom is -0.459 e. The molecular formula is C68H54O19. The van der Waals surface area contributed by atoms with E-state index in [4.69, 9.17) is 52.1 Å². The van der Waals surface area contributed by atoms with E-state index >= 15 is 0 Å². The van der Waals surface area contributed by atoms with Gasteiger partial charge in [-0.05, 0) is 97.1 Å². The molecule has 87 heavy (non-hydrogen) atoms. The van der Waals surface area contributed by atoms with Crippen LogP contribution in [-0.2, 0) is 52.1 Å². The number of hydrogen-bond acceptors (Lipinski definition) is 19. The second-order valence-corrected chi connectivity index (χ2v) is 19.6. The van der Waals surface area contributed by atoms with Gasteiger partial charge in [-0.1, -0.05) is 146 Å². The van der Waals surface area contributed by atoms with Crippen LogP contribution in [0.15, 0.2) is 243 Å². The highest BCUT2D eigenvalue weighted by Crippen LogP contribution is 2.41. The fourth-order valence-electron chi connectivity index (χ4n) is 9.47. The van der Waals surface area contributed by atoms with Crippen molar-refractivity contribution in [3.63, 3.8) is 0 Å². The van der Waals surface area contributed by atoms with Crippen molar-refractivity contribution in [2.24, 2.45) is 0 Å². The summed E-state index contributed by atoms with van der Waals surface area (Å²) in [5.41, 5.74) is 0.209. The Morgan fingerprint density at radius 3 is 0.977 bits per heavy atom. The van der Waals surface area contributed by atoms with Gasteiger partial charge in [-0.3, -0.25) is 0 Å². The number of ether oxygens (including phenoxy) is 11. The van der Waals surface area contributed by atoms with E-state index < -0.39 is 122 Å². The van der Waals surface area contributed by atoms with Crippen LogP contribution in [0.25, 0.3) is 0 Å². The highest BCUT2D eigenvalue weighted by Gasteiger charge is 2.63. The first-order valence-corrected chi connectivity index (χ1v) is 27.4. The normalized spacial score (nSPS) is 21.1. The maximum Gasteiger partial charge on any atom is 0.340 e. The number of esters is 8. The molecule has 0 saturated carbocycles. The first-order chi connectivity index (χ1) is 42.4. The molecular weight excluding hydrogens is 1120 g/mol. The molecule has 9 unspecified atom stereocenters. The molecule has 19 nitrogen and oxygen atoms in total. The monoisotopic (exact) mass is 1170 g/mol. The Balaban J connectivity index is 1.12. The molecule has 2 saturated heterocycles. The van der Waals surface area contributed by atoms with Gasteiger partial charge in [0.15, 0.2) is 24.4 Å². The molecule has 0 bridgehead atoms. The lowest BCUT2D eigenvalue weighted by Crippen LogP contribution is -2.64. The molecule has 8 aromatic carbocycles. The van der Waals surface area contributed by atoms with E-state index in [1.54, 1.807) is 146 Å². The van der Waals surface area contributed by atoms with Crippen LogP contribution in [0.5, 0.6) is 0 Å². The zero-order valence-corrected chi connectivity index (χ0v) is 46.1. The molecule has 0 spiro atoms. The number of rotatable bonds is 21. The van der Waals surface area contributed by atoms with Crippen molar-refractivity contribution in [1.29, 1.82) is 0 Å². The molecule has 0 radical (unpaired) electrons. The van der Waals surface area contributed by atoms with Crippen LogP contribution < -0.4 is 0 Å². The highest BCUT2D eigenvalue weighted by molar-refractivity contribution is 5.93. The number of carbonyl (C=O) groups excluding carboxylic acids is 8. The topological polar surface area (TPSA) is 238 Å². The quantitative estimate of drug-likeness (QED) is 0.0480. The molecule has 19 heteroatoms. The van der Waals surface area contributed by atoms with Gasteiger partial charge in [0, 0.05) is 0 Å². The number of hydrogen-bond donors (Lipinski definition) is 0. The molecule has 2 heterocycles. The Hall–Kier alpha value is -10.6. The third-order valence-electron chi connectivity index (χ3n) is 13.8. The first kappa shape index (κ1) is 59.6. The average Bonchev–Trinajstić information content (AvgIpc) is 2.42. The summed E-state index contributed by atoms with van der Waals surface area (Å²) in [6.45, 7) is -2.69. The van der Waals surface area contributed by atoms with Crippen molar-refractivity contribution in [3.05, 3.63) is 287 Å². The van der Waals surface area contributed by atoms with Crippen LogP contribution in [-0.4, -0.2) is 122 Å². The maximum atomic E-state index is 14.6. The molecule has 2 aliphatic rings. The second-order valence-electron chi connectivity index (χ2n) is 19.6. The minimum absolute atomic E-state index is 0.00645. The summed E-state index contributed by atoms with van der Waals surface area (Å²) < 4.78 is 69.5. The summed E-state index contributed by atoms with van der Waals surface area (Å²) in [7, 11) is 0. The van der Waals surface area contributed by atoms with Crippen molar-refractivity contribution in [3.8, 4) is 0 Å². The molecule has 2 fully saturated rings. The Labute approximate surface area is 498 Å². The van der Waals surface area contributed by atoms with Gasteiger partial charge in [-0.15, -0.1) is 0 Å². The second kappa shape index (κ2) is 28.3. The van der Waals surface area contributed by atoms with Crippen LogP contribution in [0.4, 0.5) is 0 Å². The van der Waals surface area contributed by atoms with Crippen LogP contribution in [0, 0.1) is 0 Å². The van der Waals surface area contributed by atoms with E-state index in [9.17, 15) is 38.4 Å². The molecule has 2 aliphatic heterocycles. The first-order valence-electron chi connectivity index (χ1n) is 27.4. The standard InChI is InChI=1S/C68H54O19/c69-59(44-25-9-1-10-26-44)77-41-53-55(82-62(72)47-31-15-4-16-32-47)58(85-65(75)50-37-21-7-22-38-50)68(87-53,43-78-60(70)45-27-11-2-12-28-45)79-42-52-54(81-61(71)46-29-13-3-14-30-46)56(83-63(73)48-33-17-5-18-34-48)57(84-64(74)49-35-19-6-20-36-49)67(80-52)86-66(76)51-39-23-8-24-40-51/h1-40,52-58,67H,41-43H2. The smallest absolute Gasteiger partial charge is 0.340 e. The molecule has 9 atom stereocenters. The van der Waals surface area contributed by atoms with E-state index in [2.05, 4.69) is 0 Å². The summed E-state index contributed by atoms with van der Waals surface area (Å²) in [5, 5.41) is 0. The summed E-state index contributed by atoms with van der Waals surface area (Å²) in [4.78, 5) is 114. The molecule has 0 N–H and O–H groups in total. The van der Waals surface area contributed by atoms with Crippen molar-refractivity contribution < 1.29 is 90.5 Å². The van der Waals surface area contributed by atoms with Gasteiger partial charge in [0.1, 0.15) is 25.4 Å². The van der Waals surface area contributed by atoms with E-state index in [-0.39, 0.29) is 44.5 Å². The van der Waals surface area contributed by atoms with Gasteiger partial charge < -0.3 is 52.1 Å². The zero-order valence-electron chi connectivity index (χ0n) is 46.1. The zero-order chi connectivity index (χ0) is 60.5. The fourth-order valence-corrected chi connectivity index (χ4v) is 9.47. The lowest BCUT2D eigenvalue weighted by atomic mass is 9.97.